The second-order valence-electron chi connectivity index (χ2n) is 8.01. The van der Waals surface area contributed by atoms with Gasteiger partial charge in [-0.15, -0.1) is 0 Å². The first-order chi connectivity index (χ1) is 14.0. The van der Waals surface area contributed by atoms with Gasteiger partial charge in [0.05, 0.1) is 12.7 Å². The third kappa shape index (κ3) is 3.63. The highest BCUT2D eigenvalue weighted by atomic mass is 16.5. The topological polar surface area (TPSA) is 84.9 Å². The average Bonchev–Trinajstić information content (AvgIpc) is 3.20. The smallest absolute Gasteiger partial charge is 0.337 e. The van der Waals surface area contributed by atoms with E-state index in [0.717, 1.165) is 55.5 Å². The molecule has 2 N–H and O–H groups in total. The van der Waals surface area contributed by atoms with Crippen LogP contribution in [-0.4, -0.2) is 30.1 Å². The predicted octanol–water partition coefficient (Wildman–Crippen LogP) is 3.85. The first kappa shape index (κ1) is 19.6. The molecule has 1 aliphatic heterocycles. The van der Waals surface area contributed by atoms with Gasteiger partial charge >= 0.3 is 5.97 Å². The minimum Gasteiger partial charge on any atom is -0.504 e. The van der Waals surface area contributed by atoms with Crippen molar-refractivity contribution in [3.63, 3.8) is 0 Å². The number of nitrogens with one attached hydrogen (secondary N) is 1. The van der Waals surface area contributed by atoms with Crippen LogP contribution in [0.3, 0.4) is 0 Å². The highest BCUT2D eigenvalue weighted by Crippen LogP contribution is 2.44. The van der Waals surface area contributed by atoms with E-state index >= 15 is 0 Å². The number of carbonyl (C=O) groups excluding carboxylic acids is 2. The molecule has 0 radical (unpaired) electrons. The molecule has 1 aromatic rings. The summed E-state index contributed by atoms with van der Waals surface area (Å²) in [5.74, 6) is -0.515. The van der Waals surface area contributed by atoms with Gasteiger partial charge in [0, 0.05) is 29.3 Å². The minimum atomic E-state index is -0.526. The zero-order valence-electron chi connectivity index (χ0n) is 16.9. The summed E-state index contributed by atoms with van der Waals surface area (Å²) in [5, 5.41) is 13.3. The lowest BCUT2D eigenvalue weighted by molar-refractivity contribution is -0.144. The van der Waals surface area contributed by atoms with E-state index in [2.05, 4.69) is 5.32 Å². The number of hydrogen-bond acceptors (Lipinski definition) is 6. The molecule has 0 spiro atoms. The van der Waals surface area contributed by atoms with Crippen molar-refractivity contribution >= 4 is 11.8 Å². The fourth-order valence-electron chi connectivity index (χ4n) is 4.68. The minimum absolute atomic E-state index is 0.0186. The molecule has 1 saturated carbocycles. The molecule has 1 atom stereocenters. The third-order valence-electron chi connectivity index (χ3n) is 6.11. The van der Waals surface area contributed by atoms with Crippen molar-refractivity contribution < 1.29 is 24.2 Å². The number of allylic oxidation sites excluding steroid dienone is 3. The molecule has 29 heavy (non-hydrogen) atoms. The van der Waals surface area contributed by atoms with Gasteiger partial charge in [0.25, 0.3) is 0 Å². The standard InChI is InChI=1S/C23H27NO5/c1-13-20(23(27)29-15-6-3-4-7-15)21(14-10-11-17(25)19(12-14)28-2)22-16(24-13)8-5-9-18(22)26/h10-12,15,21,24-25H,3-9H2,1-2H3/t21-/m0/s1. The molecule has 154 valence electrons. The molecule has 0 aromatic heterocycles. The number of aromatic hydroxyl groups is 1. The number of esters is 1. The molecular formula is C23H27NO5. The summed E-state index contributed by atoms with van der Waals surface area (Å²) in [6, 6.07) is 4.99. The number of phenolic OH excluding ortho intramolecular Hbond substituents is 1. The third-order valence-corrected chi connectivity index (χ3v) is 6.11. The molecule has 4 rings (SSSR count). The van der Waals surface area contributed by atoms with Crippen molar-refractivity contribution in [3.8, 4) is 11.5 Å². The Morgan fingerprint density at radius 3 is 2.66 bits per heavy atom. The van der Waals surface area contributed by atoms with Crippen LogP contribution >= 0.6 is 0 Å². The van der Waals surface area contributed by atoms with E-state index in [-0.39, 0.29) is 23.6 Å². The monoisotopic (exact) mass is 397 g/mol. The first-order valence-electron chi connectivity index (χ1n) is 10.3. The summed E-state index contributed by atoms with van der Waals surface area (Å²) in [6.45, 7) is 1.86. The molecule has 1 aromatic carbocycles. The van der Waals surface area contributed by atoms with Crippen molar-refractivity contribution in [2.24, 2.45) is 0 Å². The van der Waals surface area contributed by atoms with Crippen LogP contribution in [0.25, 0.3) is 0 Å². The van der Waals surface area contributed by atoms with E-state index in [4.69, 9.17) is 9.47 Å². The Kier molecular flexibility index (Phi) is 5.35. The summed E-state index contributed by atoms with van der Waals surface area (Å²) >= 11 is 0. The van der Waals surface area contributed by atoms with Gasteiger partial charge in [-0.3, -0.25) is 4.79 Å². The van der Waals surface area contributed by atoms with Gasteiger partial charge in [0.2, 0.25) is 0 Å². The van der Waals surface area contributed by atoms with Gasteiger partial charge < -0.3 is 19.9 Å². The normalized spacial score (nSPS) is 22.4. The van der Waals surface area contributed by atoms with Crippen molar-refractivity contribution in [1.29, 1.82) is 0 Å². The molecule has 0 saturated heterocycles. The van der Waals surface area contributed by atoms with Crippen molar-refractivity contribution in [2.45, 2.75) is 63.9 Å². The fourth-order valence-corrected chi connectivity index (χ4v) is 4.68. The molecule has 0 amide bonds. The number of phenols is 1. The van der Waals surface area contributed by atoms with Crippen LogP contribution in [0.15, 0.2) is 40.7 Å². The van der Waals surface area contributed by atoms with E-state index < -0.39 is 5.92 Å². The van der Waals surface area contributed by atoms with Crippen LogP contribution in [0.5, 0.6) is 11.5 Å². The summed E-state index contributed by atoms with van der Waals surface area (Å²) in [7, 11) is 1.48. The average molecular weight is 397 g/mol. The molecule has 3 aliphatic rings. The Hall–Kier alpha value is -2.76. The summed E-state index contributed by atoms with van der Waals surface area (Å²) in [4.78, 5) is 26.1. The second-order valence-corrected chi connectivity index (χ2v) is 8.01. The SMILES string of the molecule is COc1cc([C@H]2C(C(=O)OC3CCCC3)=C(C)NC3=C2C(=O)CCC3)ccc1O. The van der Waals surface area contributed by atoms with Crippen LogP contribution < -0.4 is 10.1 Å². The van der Waals surface area contributed by atoms with Crippen molar-refractivity contribution in [2.75, 3.05) is 7.11 Å². The van der Waals surface area contributed by atoms with Crippen LogP contribution in [0.4, 0.5) is 0 Å². The highest BCUT2D eigenvalue weighted by molar-refractivity contribution is 6.03. The maximum atomic E-state index is 13.2. The van der Waals surface area contributed by atoms with Crippen LogP contribution in [0.1, 0.15) is 63.4 Å². The highest BCUT2D eigenvalue weighted by Gasteiger charge is 2.40. The summed E-state index contributed by atoms with van der Waals surface area (Å²) in [6.07, 6.45) is 5.89. The second kappa shape index (κ2) is 7.93. The molecule has 6 heteroatoms. The molecular weight excluding hydrogens is 370 g/mol. The van der Waals surface area contributed by atoms with Crippen molar-refractivity contribution in [1.82, 2.24) is 5.32 Å². The largest absolute Gasteiger partial charge is 0.504 e. The van der Waals surface area contributed by atoms with Gasteiger partial charge in [-0.25, -0.2) is 4.79 Å². The number of ketones is 1. The predicted molar refractivity (Wildman–Crippen MR) is 107 cm³/mol. The quantitative estimate of drug-likeness (QED) is 0.751. The molecule has 2 aliphatic carbocycles. The Morgan fingerprint density at radius 2 is 1.93 bits per heavy atom. The molecule has 1 fully saturated rings. The number of rotatable bonds is 4. The van der Waals surface area contributed by atoms with Crippen LogP contribution in [0, 0.1) is 0 Å². The molecule has 6 nitrogen and oxygen atoms in total. The number of dihydropyridines is 1. The van der Waals surface area contributed by atoms with E-state index in [1.54, 1.807) is 18.2 Å². The summed E-state index contributed by atoms with van der Waals surface area (Å²) in [5.41, 5.74) is 3.44. The number of methoxy groups -OCH3 is 1. The lowest BCUT2D eigenvalue weighted by atomic mass is 9.75. The number of hydrogen-bond donors (Lipinski definition) is 2. The van der Waals surface area contributed by atoms with Gasteiger partial charge in [-0.05, 0) is 63.1 Å². The Bertz CT molecular complexity index is 908. The van der Waals surface area contributed by atoms with Gasteiger partial charge in [0.15, 0.2) is 17.3 Å². The molecule has 0 unspecified atom stereocenters. The summed E-state index contributed by atoms with van der Waals surface area (Å²) < 4.78 is 11.1. The van der Waals surface area contributed by atoms with Crippen molar-refractivity contribution in [3.05, 3.63) is 46.3 Å². The number of benzene rings is 1. The van der Waals surface area contributed by atoms with E-state index in [9.17, 15) is 14.7 Å². The van der Waals surface area contributed by atoms with E-state index in [1.165, 1.54) is 7.11 Å². The van der Waals surface area contributed by atoms with Gasteiger partial charge in [-0.1, -0.05) is 6.07 Å². The van der Waals surface area contributed by atoms with E-state index in [0.29, 0.717) is 23.3 Å². The van der Waals surface area contributed by atoms with E-state index in [1.807, 2.05) is 6.92 Å². The Balaban J connectivity index is 1.79. The first-order valence-corrected chi connectivity index (χ1v) is 10.3. The zero-order valence-corrected chi connectivity index (χ0v) is 16.9. The molecule has 0 bridgehead atoms. The lowest BCUT2D eigenvalue weighted by Crippen LogP contribution is -2.35. The maximum Gasteiger partial charge on any atom is 0.337 e. The van der Waals surface area contributed by atoms with Crippen LogP contribution in [-0.2, 0) is 14.3 Å². The number of carbonyl (C=O) groups is 2. The Morgan fingerprint density at radius 1 is 1.17 bits per heavy atom. The van der Waals surface area contributed by atoms with Gasteiger partial charge in [0.1, 0.15) is 6.10 Å². The number of ether oxygens (including phenoxy) is 2. The lowest BCUT2D eigenvalue weighted by Gasteiger charge is -2.34. The fraction of sp³-hybridized carbons (Fsp3) is 0.478. The maximum absolute atomic E-state index is 13.2. The number of Topliss-reactive ketones (excluding diaryl/α,β-unsaturated/α-hetero) is 1. The molecule has 1 heterocycles. The zero-order chi connectivity index (χ0) is 20.5. The van der Waals surface area contributed by atoms with Gasteiger partial charge in [-0.2, -0.15) is 0 Å². The Labute approximate surface area is 170 Å². The van der Waals surface area contributed by atoms with Crippen LogP contribution in [0.2, 0.25) is 0 Å².